The third-order valence-corrected chi connectivity index (χ3v) is 2.58. The van der Waals surface area contributed by atoms with Crippen molar-refractivity contribution in [1.82, 2.24) is 10.2 Å². The molecule has 0 aliphatic carbocycles. The lowest BCUT2D eigenvalue weighted by Gasteiger charge is -2.18. The Balaban J connectivity index is 2.93. The number of rotatable bonds is 5. The van der Waals surface area contributed by atoms with E-state index >= 15 is 0 Å². The number of carboxylic acid groups (broad SMARTS) is 1. The maximum atomic E-state index is 13.1. The second-order valence-corrected chi connectivity index (χ2v) is 4.07. The molecule has 20 heavy (non-hydrogen) atoms. The van der Waals surface area contributed by atoms with Crippen molar-refractivity contribution in [2.75, 3.05) is 32.5 Å². The van der Waals surface area contributed by atoms with E-state index in [9.17, 15) is 18.4 Å². The first kappa shape index (κ1) is 15.8. The second-order valence-electron chi connectivity index (χ2n) is 4.07. The summed E-state index contributed by atoms with van der Waals surface area (Å²) in [4.78, 5) is 24.0. The minimum atomic E-state index is -1.46. The van der Waals surface area contributed by atoms with Gasteiger partial charge in [0.2, 0.25) is 0 Å². The summed E-state index contributed by atoms with van der Waals surface area (Å²) in [6.45, 7) is 0.905. The van der Waals surface area contributed by atoms with Crippen LogP contribution in [0, 0.1) is 11.6 Å². The Morgan fingerprint density at radius 2 is 1.90 bits per heavy atom. The number of urea groups is 1. The largest absolute Gasteiger partial charge is 0.478 e. The predicted molar refractivity (Wildman–Crippen MR) is 68.9 cm³/mol. The lowest BCUT2D eigenvalue weighted by Crippen LogP contribution is -2.36. The standard InChI is InChI=1S/C12H15F2N3O3/c1-15-3-4-17(2)12(20)16-10-6-9(14)8(13)5-7(10)11(18)19/h5-6,15H,3-4H2,1-2H3,(H,16,20)(H,18,19). The summed E-state index contributed by atoms with van der Waals surface area (Å²) in [6, 6.07) is 0.553. The van der Waals surface area contributed by atoms with Gasteiger partial charge in [0, 0.05) is 26.2 Å². The van der Waals surface area contributed by atoms with Crippen molar-refractivity contribution < 1.29 is 23.5 Å². The number of amides is 2. The number of carbonyl (C=O) groups is 2. The van der Waals surface area contributed by atoms with E-state index in [1.54, 1.807) is 7.05 Å². The van der Waals surface area contributed by atoms with Crippen molar-refractivity contribution in [3.8, 4) is 0 Å². The summed E-state index contributed by atoms with van der Waals surface area (Å²) < 4.78 is 26.1. The molecule has 1 aromatic carbocycles. The van der Waals surface area contributed by atoms with Gasteiger partial charge >= 0.3 is 12.0 Å². The Bertz CT molecular complexity index is 523. The van der Waals surface area contributed by atoms with Crippen molar-refractivity contribution in [3.63, 3.8) is 0 Å². The summed E-state index contributed by atoms with van der Waals surface area (Å²) in [5, 5.41) is 14.0. The van der Waals surface area contributed by atoms with Crippen LogP contribution < -0.4 is 10.6 Å². The molecule has 0 aromatic heterocycles. The minimum Gasteiger partial charge on any atom is -0.478 e. The normalized spacial score (nSPS) is 10.2. The van der Waals surface area contributed by atoms with Gasteiger partial charge in [-0.15, -0.1) is 0 Å². The summed E-state index contributed by atoms with van der Waals surface area (Å²) in [6.07, 6.45) is 0. The van der Waals surface area contributed by atoms with E-state index in [2.05, 4.69) is 10.6 Å². The lowest BCUT2D eigenvalue weighted by molar-refractivity contribution is 0.0697. The van der Waals surface area contributed by atoms with Crippen molar-refractivity contribution in [2.45, 2.75) is 0 Å². The molecule has 0 aliphatic rings. The third kappa shape index (κ3) is 3.89. The number of nitrogens with one attached hydrogen (secondary N) is 2. The number of carboxylic acids is 1. The van der Waals surface area contributed by atoms with Crippen LogP contribution in [0.3, 0.4) is 0 Å². The van der Waals surface area contributed by atoms with Gasteiger partial charge in [0.15, 0.2) is 11.6 Å². The molecule has 2 amide bonds. The SMILES string of the molecule is CNCCN(C)C(=O)Nc1cc(F)c(F)cc1C(=O)O. The molecule has 0 bridgehead atoms. The monoisotopic (exact) mass is 287 g/mol. The molecule has 0 saturated carbocycles. The second kappa shape index (κ2) is 6.80. The minimum absolute atomic E-state index is 0.294. The number of benzene rings is 1. The molecule has 0 spiro atoms. The Hall–Kier alpha value is -2.22. The van der Waals surface area contributed by atoms with Crippen molar-refractivity contribution in [2.24, 2.45) is 0 Å². The van der Waals surface area contributed by atoms with Gasteiger partial charge < -0.3 is 20.6 Å². The van der Waals surface area contributed by atoms with E-state index in [1.165, 1.54) is 11.9 Å². The molecule has 0 heterocycles. The zero-order chi connectivity index (χ0) is 15.3. The van der Waals surface area contributed by atoms with Crippen LogP contribution in [0.4, 0.5) is 19.3 Å². The van der Waals surface area contributed by atoms with Gasteiger partial charge in [-0.1, -0.05) is 0 Å². The topological polar surface area (TPSA) is 81.7 Å². The fraction of sp³-hybridized carbons (Fsp3) is 0.333. The molecule has 0 unspecified atom stereocenters. The van der Waals surface area contributed by atoms with Gasteiger partial charge in [-0.2, -0.15) is 0 Å². The molecule has 1 rings (SSSR count). The molecule has 1 aromatic rings. The Morgan fingerprint density at radius 3 is 2.45 bits per heavy atom. The summed E-state index contributed by atoms with van der Waals surface area (Å²) in [7, 11) is 3.20. The Kier molecular flexibility index (Phi) is 5.39. The zero-order valence-corrected chi connectivity index (χ0v) is 11.0. The van der Waals surface area contributed by atoms with Gasteiger partial charge in [-0.3, -0.25) is 0 Å². The maximum absolute atomic E-state index is 13.1. The average molecular weight is 287 g/mol. The van der Waals surface area contributed by atoms with Crippen LogP contribution in [0.2, 0.25) is 0 Å². The van der Waals surface area contributed by atoms with E-state index in [0.717, 1.165) is 0 Å². The Labute approximate surface area is 114 Å². The summed E-state index contributed by atoms with van der Waals surface area (Å²) >= 11 is 0. The van der Waals surface area contributed by atoms with Crippen LogP contribution >= 0.6 is 0 Å². The quantitative estimate of drug-likeness (QED) is 0.763. The molecule has 0 atom stereocenters. The molecule has 3 N–H and O–H groups in total. The first-order valence-corrected chi connectivity index (χ1v) is 5.76. The number of halogens is 2. The van der Waals surface area contributed by atoms with E-state index < -0.39 is 29.2 Å². The van der Waals surface area contributed by atoms with Crippen molar-refractivity contribution >= 4 is 17.7 Å². The van der Waals surface area contributed by atoms with Crippen molar-refractivity contribution in [3.05, 3.63) is 29.3 Å². The van der Waals surface area contributed by atoms with Crippen molar-refractivity contribution in [1.29, 1.82) is 0 Å². The zero-order valence-electron chi connectivity index (χ0n) is 11.0. The summed E-state index contributed by atoms with van der Waals surface area (Å²) in [5.74, 6) is -3.98. The molecule has 110 valence electrons. The van der Waals surface area contributed by atoms with E-state index in [0.29, 0.717) is 25.2 Å². The van der Waals surface area contributed by atoms with Gasteiger partial charge in [-0.05, 0) is 13.1 Å². The van der Waals surface area contributed by atoms with E-state index in [4.69, 9.17) is 5.11 Å². The number of hydrogen-bond acceptors (Lipinski definition) is 3. The number of likely N-dealkylation sites (N-methyl/N-ethyl adjacent to an activating group) is 2. The highest BCUT2D eigenvalue weighted by molar-refractivity contribution is 6.00. The number of nitrogens with zero attached hydrogens (tertiary/aromatic N) is 1. The number of aromatic carboxylic acids is 1. The predicted octanol–water partition coefficient (Wildman–Crippen LogP) is 1.35. The van der Waals surface area contributed by atoms with Crippen LogP contribution in [0.1, 0.15) is 10.4 Å². The molecular formula is C12H15F2N3O3. The fourth-order valence-corrected chi connectivity index (χ4v) is 1.42. The van der Waals surface area contributed by atoms with Gasteiger partial charge in [0.1, 0.15) is 0 Å². The molecule has 0 fully saturated rings. The lowest BCUT2D eigenvalue weighted by atomic mass is 10.1. The molecule has 0 saturated heterocycles. The van der Waals surface area contributed by atoms with Crippen LogP contribution in [0.25, 0.3) is 0 Å². The highest BCUT2D eigenvalue weighted by Crippen LogP contribution is 2.20. The fourth-order valence-electron chi connectivity index (χ4n) is 1.42. The smallest absolute Gasteiger partial charge is 0.337 e. The molecule has 0 radical (unpaired) electrons. The van der Waals surface area contributed by atoms with Gasteiger partial charge in [0.25, 0.3) is 0 Å². The van der Waals surface area contributed by atoms with Gasteiger partial charge in [0.05, 0.1) is 11.3 Å². The first-order valence-electron chi connectivity index (χ1n) is 5.76. The highest BCUT2D eigenvalue weighted by atomic mass is 19.2. The van der Waals surface area contributed by atoms with Crippen LogP contribution in [-0.4, -0.2) is 49.2 Å². The first-order chi connectivity index (χ1) is 9.36. The molecule has 0 aliphatic heterocycles. The van der Waals surface area contributed by atoms with E-state index in [-0.39, 0.29) is 5.69 Å². The summed E-state index contributed by atoms with van der Waals surface area (Å²) in [5.41, 5.74) is -0.808. The molecular weight excluding hydrogens is 272 g/mol. The number of hydrogen-bond donors (Lipinski definition) is 3. The third-order valence-electron chi connectivity index (χ3n) is 2.58. The van der Waals surface area contributed by atoms with Crippen LogP contribution in [0.5, 0.6) is 0 Å². The number of anilines is 1. The van der Waals surface area contributed by atoms with Gasteiger partial charge in [-0.25, -0.2) is 18.4 Å². The van der Waals surface area contributed by atoms with E-state index in [1.807, 2.05) is 0 Å². The van der Waals surface area contributed by atoms with Crippen LogP contribution in [-0.2, 0) is 0 Å². The molecule has 6 nitrogen and oxygen atoms in total. The maximum Gasteiger partial charge on any atom is 0.337 e. The number of carbonyl (C=O) groups excluding carboxylic acids is 1. The Morgan fingerprint density at radius 1 is 1.30 bits per heavy atom. The average Bonchev–Trinajstić information content (AvgIpc) is 2.39. The van der Waals surface area contributed by atoms with Crippen LogP contribution in [0.15, 0.2) is 12.1 Å². The highest BCUT2D eigenvalue weighted by Gasteiger charge is 2.18. The molecule has 8 heteroatoms.